The minimum Gasteiger partial charge on any atom is -0.488 e. The zero-order valence-electron chi connectivity index (χ0n) is 22.4. The zero-order chi connectivity index (χ0) is 28.3. The summed E-state index contributed by atoms with van der Waals surface area (Å²) in [7, 11) is 0. The molecule has 8 heteroatoms. The van der Waals surface area contributed by atoms with Gasteiger partial charge in [-0.3, -0.25) is 9.59 Å². The van der Waals surface area contributed by atoms with Crippen molar-refractivity contribution in [1.29, 1.82) is 0 Å². The van der Waals surface area contributed by atoms with Crippen LogP contribution in [-0.2, 0) is 16.2 Å². The Morgan fingerprint density at radius 1 is 0.974 bits per heavy atom. The van der Waals surface area contributed by atoms with Crippen LogP contribution in [0, 0.1) is 10.8 Å². The van der Waals surface area contributed by atoms with E-state index in [2.05, 4.69) is 48.9 Å². The molecule has 39 heavy (non-hydrogen) atoms. The second kappa shape index (κ2) is 9.93. The molecular formula is C31H31BrClNO5. The van der Waals surface area contributed by atoms with Crippen molar-refractivity contribution in [2.24, 2.45) is 10.8 Å². The summed E-state index contributed by atoms with van der Waals surface area (Å²) in [6.07, 6.45) is 2.39. The molecule has 0 aromatic heterocycles. The lowest BCUT2D eigenvalue weighted by Gasteiger charge is -2.44. The summed E-state index contributed by atoms with van der Waals surface area (Å²) >= 11 is 9.73. The van der Waals surface area contributed by atoms with Crippen molar-refractivity contribution in [2.75, 3.05) is 0 Å². The average Bonchev–Trinajstić information content (AvgIpc) is 2.80. The Morgan fingerprint density at radius 3 is 2.08 bits per heavy atom. The molecule has 1 aliphatic heterocycles. The number of benzene rings is 2. The summed E-state index contributed by atoms with van der Waals surface area (Å²) in [5, 5.41) is 12.9. The van der Waals surface area contributed by atoms with E-state index in [9.17, 15) is 19.5 Å². The first-order valence-electron chi connectivity index (χ1n) is 13.0. The maximum absolute atomic E-state index is 13.5. The maximum Gasteiger partial charge on any atom is 0.337 e. The van der Waals surface area contributed by atoms with E-state index in [-0.39, 0.29) is 39.6 Å². The highest BCUT2D eigenvalue weighted by Crippen LogP contribution is 2.51. The van der Waals surface area contributed by atoms with Crippen LogP contribution in [0.2, 0.25) is 5.02 Å². The molecule has 2 N–H and O–H groups in total. The van der Waals surface area contributed by atoms with Crippen LogP contribution in [-0.4, -0.2) is 22.6 Å². The molecule has 0 unspecified atom stereocenters. The predicted molar refractivity (Wildman–Crippen MR) is 153 cm³/mol. The van der Waals surface area contributed by atoms with E-state index in [1.165, 1.54) is 6.07 Å². The molecule has 5 rings (SSSR count). The molecule has 6 nitrogen and oxygen atoms in total. The molecule has 0 saturated heterocycles. The number of allylic oxidation sites excluding steroid dienone is 4. The zero-order valence-corrected chi connectivity index (χ0v) is 24.8. The van der Waals surface area contributed by atoms with Crippen molar-refractivity contribution in [3.8, 4) is 5.75 Å². The van der Waals surface area contributed by atoms with Crippen LogP contribution < -0.4 is 10.1 Å². The lowest BCUT2D eigenvalue weighted by Crippen LogP contribution is -2.42. The third kappa shape index (κ3) is 5.44. The Bertz CT molecular complexity index is 1430. The summed E-state index contributed by atoms with van der Waals surface area (Å²) in [5.74, 6) is -0.750. The van der Waals surface area contributed by atoms with Gasteiger partial charge in [-0.25, -0.2) is 4.79 Å². The standard InChI is InChI=1S/C31H31BrClNO5/c1-30(2)11-21-27(23(35)13-30)26(28-22(34-21)12-31(3,4)14-24(28)36)17-6-8-25(19(32)10-17)39-15-16-5-7-18(29(37)38)20(33)9-16/h5-10,26,34H,11-15H2,1-4H3,(H,37,38). The molecule has 0 spiro atoms. The van der Waals surface area contributed by atoms with Crippen molar-refractivity contribution >= 4 is 45.1 Å². The number of carboxylic acid groups (broad SMARTS) is 1. The van der Waals surface area contributed by atoms with Gasteiger partial charge in [-0.1, -0.05) is 51.4 Å². The van der Waals surface area contributed by atoms with E-state index in [0.29, 0.717) is 34.2 Å². The number of halogens is 2. The maximum atomic E-state index is 13.5. The van der Waals surface area contributed by atoms with Crippen LogP contribution in [0.15, 0.2) is 63.4 Å². The van der Waals surface area contributed by atoms with Gasteiger partial charge in [-0.2, -0.15) is 0 Å². The van der Waals surface area contributed by atoms with Crippen molar-refractivity contribution in [1.82, 2.24) is 5.32 Å². The van der Waals surface area contributed by atoms with E-state index in [1.54, 1.807) is 12.1 Å². The number of ether oxygens (including phenoxy) is 1. The smallest absolute Gasteiger partial charge is 0.337 e. The van der Waals surface area contributed by atoms with Crippen molar-refractivity contribution < 1.29 is 24.2 Å². The number of dihydropyridines is 1. The number of hydrogen-bond donors (Lipinski definition) is 2. The molecule has 0 saturated carbocycles. The quantitative estimate of drug-likeness (QED) is 0.367. The molecule has 1 heterocycles. The van der Waals surface area contributed by atoms with E-state index < -0.39 is 11.9 Å². The molecule has 2 aliphatic carbocycles. The van der Waals surface area contributed by atoms with Gasteiger partial charge in [-0.05, 0) is 75.0 Å². The lowest BCUT2D eigenvalue weighted by atomic mass is 9.64. The van der Waals surface area contributed by atoms with Crippen LogP contribution in [0.3, 0.4) is 0 Å². The summed E-state index contributed by atoms with van der Waals surface area (Å²) in [5.41, 5.74) is 4.61. The topological polar surface area (TPSA) is 92.7 Å². The summed E-state index contributed by atoms with van der Waals surface area (Å²) < 4.78 is 6.70. The fourth-order valence-corrected chi connectivity index (χ4v) is 6.81. The third-order valence-corrected chi connectivity index (χ3v) is 8.60. The van der Waals surface area contributed by atoms with Crippen LogP contribution in [0.5, 0.6) is 5.75 Å². The van der Waals surface area contributed by atoms with Gasteiger partial charge in [0, 0.05) is 41.3 Å². The Balaban J connectivity index is 1.48. The van der Waals surface area contributed by atoms with Gasteiger partial charge in [0.1, 0.15) is 12.4 Å². The van der Waals surface area contributed by atoms with Crippen molar-refractivity contribution in [3.05, 3.63) is 85.1 Å². The van der Waals surface area contributed by atoms with E-state index >= 15 is 0 Å². The normalized spacial score (nSPS) is 20.4. The van der Waals surface area contributed by atoms with Crippen LogP contribution in [0.25, 0.3) is 0 Å². The minimum absolute atomic E-state index is 0.0385. The number of carbonyl (C=O) groups is 3. The number of ketones is 2. The van der Waals surface area contributed by atoms with Gasteiger partial charge in [0.05, 0.1) is 15.1 Å². The number of hydrogen-bond acceptors (Lipinski definition) is 5. The van der Waals surface area contributed by atoms with Crippen molar-refractivity contribution in [3.63, 3.8) is 0 Å². The molecular weight excluding hydrogens is 582 g/mol. The Labute approximate surface area is 241 Å². The molecule has 0 bridgehead atoms. The molecule has 0 amide bonds. The highest BCUT2D eigenvalue weighted by molar-refractivity contribution is 9.10. The highest BCUT2D eigenvalue weighted by atomic mass is 79.9. The fraction of sp³-hybridized carbons (Fsp3) is 0.387. The van der Waals surface area contributed by atoms with E-state index in [1.807, 2.05) is 18.2 Å². The Kier molecular flexibility index (Phi) is 7.04. The van der Waals surface area contributed by atoms with E-state index in [0.717, 1.165) is 35.4 Å². The largest absolute Gasteiger partial charge is 0.488 e. The first-order valence-corrected chi connectivity index (χ1v) is 14.2. The van der Waals surface area contributed by atoms with Gasteiger partial charge in [0.15, 0.2) is 11.6 Å². The first kappa shape index (κ1) is 27.7. The van der Waals surface area contributed by atoms with Gasteiger partial charge in [0.25, 0.3) is 0 Å². The van der Waals surface area contributed by atoms with Crippen LogP contribution >= 0.6 is 27.5 Å². The molecule has 2 aromatic rings. The van der Waals surface area contributed by atoms with Gasteiger partial charge in [0.2, 0.25) is 0 Å². The number of rotatable bonds is 5. The van der Waals surface area contributed by atoms with Gasteiger partial charge < -0.3 is 15.2 Å². The van der Waals surface area contributed by atoms with E-state index in [4.69, 9.17) is 16.3 Å². The molecule has 3 aliphatic rings. The first-order chi connectivity index (χ1) is 18.2. The van der Waals surface area contributed by atoms with Crippen LogP contribution in [0.4, 0.5) is 0 Å². The Morgan fingerprint density at radius 2 is 1.56 bits per heavy atom. The number of carbonyl (C=O) groups excluding carboxylic acids is 2. The molecule has 204 valence electrons. The average molecular weight is 613 g/mol. The monoisotopic (exact) mass is 611 g/mol. The number of Topliss-reactive ketones (excluding diaryl/α,β-unsaturated/α-hetero) is 2. The lowest BCUT2D eigenvalue weighted by molar-refractivity contribution is -0.119. The van der Waals surface area contributed by atoms with Gasteiger partial charge >= 0.3 is 5.97 Å². The number of carboxylic acids is 1. The summed E-state index contributed by atoms with van der Waals surface area (Å²) in [6.45, 7) is 8.62. The summed E-state index contributed by atoms with van der Waals surface area (Å²) in [4.78, 5) is 38.3. The fourth-order valence-electron chi connectivity index (χ4n) is 6.02. The molecule has 0 radical (unpaired) electrons. The SMILES string of the molecule is CC1(C)CC(=O)C2=C(C1)NC1=C(C(=O)CC(C)(C)C1)C2c1ccc(OCc2ccc(C(=O)O)c(Cl)c2)c(Br)c1. The second-order valence-electron chi connectivity index (χ2n) is 12.3. The van der Waals surface area contributed by atoms with Crippen molar-refractivity contribution in [2.45, 2.75) is 65.9 Å². The predicted octanol–water partition coefficient (Wildman–Crippen LogP) is 7.35. The van der Waals surface area contributed by atoms with Gasteiger partial charge in [-0.15, -0.1) is 0 Å². The molecule has 0 atom stereocenters. The number of nitrogens with one attached hydrogen (secondary N) is 1. The highest BCUT2D eigenvalue weighted by Gasteiger charge is 2.46. The Hall–Kier alpha value is -2.90. The number of aromatic carboxylic acids is 1. The summed E-state index contributed by atoms with van der Waals surface area (Å²) in [6, 6.07) is 10.4. The molecule has 2 aromatic carbocycles. The van der Waals surface area contributed by atoms with Crippen LogP contribution in [0.1, 0.15) is 80.8 Å². The molecule has 0 fully saturated rings. The second-order valence-corrected chi connectivity index (χ2v) is 13.6. The third-order valence-electron chi connectivity index (χ3n) is 7.67. The minimum atomic E-state index is -1.08.